The predicted molar refractivity (Wildman–Crippen MR) is 79.4 cm³/mol. The monoisotopic (exact) mass is 277 g/mol. The number of hydrogen-bond acceptors (Lipinski definition) is 3. The summed E-state index contributed by atoms with van der Waals surface area (Å²) in [6.45, 7) is 9.98. The molecule has 3 heterocycles. The molecule has 2 atom stereocenters. The summed E-state index contributed by atoms with van der Waals surface area (Å²) in [6.07, 6.45) is 7.49. The Morgan fingerprint density at radius 3 is 2.85 bits per heavy atom. The van der Waals surface area contributed by atoms with Crippen LogP contribution >= 0.6 is 0 Å². The number of likely N-dealkylation sites (tertiary alicyclic amines) is 1. The van der Waals surface area contributed by atoms with Crippen LogP contribution in [0.15, 0.2) is 12.4 Å². The summed E-state index contributed by atoms with van der Waals surface area (Å²) in [5.74, 6) is 1.82. The summed E-state index contributed by atoms with van der Waals surface area (Å²) >= 11 is 0. The highest BCUT2D eigenvalue weighted by atomic mass is 16.5. The molecule has 2 saturated heterocycles. The molecule has 0 bridgehead atoms. The summed E-state index contributed by atoms with van der Waals surface area (Å²) < 4.78 is 8.54. The van der Waals surface area contributed by atoms with Gasteiger partial charge >= 0.3 is 0 Å². The van der Waals surface area contributed by atoms with E-state index in [1.807, 2.05) is 12.4 Å². The molecule has 2 fully saturated rings. The number of nitrogens with zero attached hydrogens (tertiary/aromatic N) is 3. The molecule has 20 heavy (non-hydrogen) atoms. The van der Waals surface area contributed by atoms with Crippen LogP contribution < -0.4 is 0 Å². The van der Waals surface area contributed by atoms with Crippen molar-refractivity contribution in [3.05, 3.63) is 18.2 Å². The minimum Gasteiger partial charge on any atom is -0.369 e. The molecule has 0 spiro atoms. The Bertz CT molecular complexity index is 482. The number of aryl methyl sites for hydroxylation is 1. The number of imidazole rings is 1. The minimum atomic E-state index is 0.0487. The van der Waals surface area contributed by atoms with Crippen LogP contribution in [0, 0.1) is 5.92 Å². The zero-order valence-corrected chi connectivity index (χ0v) is 13.2. The molecule has 0 unspecified atom stereocenters. The van der Waals surface area contributed by atoms with Crippen molar-refractivity contribution in [2.45, 2.75) is 57.8 Å². The summed E-state index contributed by atoms with van der Waals surface area (Å²) in [5.41, 5.74) is 0.118. The van der Waals surface area contributed by atoms with Gasteiger partial charge in [0.2, 0.25) is 0 Å². The van der Waals surface area contributed by atoms with Gasteiger partial charge in [-0.15, -0.1) is 0 Å². The lowest BCUT2D eigenvalue weighted by Gasteiger charge is -2.53. The highest BCUT2D eigenvalue weighted by Crippen LogP contribution is 2.43. The SMILES string of the molecule is Cn1ccnc1CN1CC[C@@]2(C)OC(C)(C)CC[C@H]2C1. The van der Waals surface area contributed by atoms with Gasteiger partial charge in [-0.05, 0) is 40.0 Å². The Kier molecular flexibility index (Phi) is 3.41. The summed E-state index contributed by atoms with van der Waals surface area (Å²) in [4.78, 5) is 6.98. The van der Waals surface area contributed by atoms with Crippen molar-refractivity contribution in [3.63, 3.8) is 0 Å². The van der Waals surface area contributed by atoms with Gasteiger partial charge in [-0.3, -0.25) is 4.90 Å². The second-order valence-corrected chi connectivity index (χ2v) is 7.35. The second-order valence-electron chi connectivity index (χ2n) is 7.35. The molecule has 1 aromatic heterocycles. The number of fused-ring (bicyclic) bond motifs is 1. The fraction of sp³-hybridized carbons (Fsp3) is 0.812. The van der Waals surface area contributed by atoms with E-state index in [0.717, 1.165) is 31.9 Å². The molecule has 0 N–H and O–H groups in total. The summed E-state index contributed by atoms with van der Waals surface area (Å²) in [7, 11) is 2.07. The smallest absolute Gasteiger partial charge is 0.122 e. The van der Waals surface area contributed by atoms with Crippen LogP contribution in [-0.4, -0.2) is 38.7 Å². The highest BCUT2D eigenvalue weighted by molar-refractivity contribution is 4.99. The fourth-order valence-corrected chi connectivity index (χ4v) is 3.81. The molecule has 3 rings (SSSR count). The molecule has 112 valence electrons. The first-order valence-electron chi connectivity index (χ1n) is 7.77. The lowest BCUT2D eigenvalue weighted by atomic mass is 9.74. The number of ether oxygens (including phenoxy) is 1. The maximum absolute atomic E-state index is 6.42. The second kappa shape index (κ2) is 4.85. The maximum atomic E-state index is 6.42. The number of piperidine rings is 1. The van der Waals surface area contributed by atoms with Gasteiger partial charge < -0.3 is 9.30 Å². The quantitative estimate of drug-likeness (QED) is 0.832. The minimum absolute atomic E-state index is 0.0487. The van der Waals surface area contributed by atoms with Crippen molar-refractivity contribution in [2.24, 2.45) is 13.0 Å². The molecule has 2 aliphatic rings. The van der Waals surface area contributed by atoms with Crippen LogP contribution in [0.1, 0.15) is 45.9 Å². The van der Waals surface area contributed by atoms with Crippen molar-refractivity contribution in [1.29, 1.82) is 0 Å². The Morgan fingerprint density at radius 1 is 1.35 bits per heavy atom. The third kappa shape index (κ3) is 2.63. The van der Waals surface area contributed by atoms with Gasteiger partial charge in [0.25, 0.3) is 0 Å². The molecule has 0 aromatic carbocycles. The van der Waals surface area contributed by atoms with E-state index in [1.54, 1.807) is 0 Å². The van der Waals surface area contributed by atoms with Crippen LogP contribution in [0.4, 0.5) is 0 Å². The van der Waals surface area contributed by atoms with E-state index in [2.05, 4.69) is 42.3 Å². The molecule has 0 amide bonds. The normalized spacial score (nSPS) is 33.9. The van der Waals surface area contributed by atoms with Crippen LogP contribution in [-0.2, 0) is 18.3 Å². The Balaban J connectivity index is 1.66. The van der Waals surface area contributed by atoms with E-state index in [0.29, 0.717) is 5.92 Å². The van der Waals surface area contributed by atoms with Crippen molar-refractivity contribution >= 4 is 0 Å². The van der Waals surface area contributed by atoms with Gasteiger partial charge in [-0.1, -0.05) is 0 Å². The molecule has 2 aliphatic heterocycles. The van der Waals surface area contributed by atoms with E-state index < -0.39 is 0 Å². The van der Waals surface area contributed by atoms with Crippen molar-refractivity contribution in [3.8, 4) is 0 Å². The third-order valence-corrected chi connectivity index (χ3v) is 5.16. The van der Waals surface area contributed by atoms with Gasteiger partial charge in [0.05, 0.1) is 17.7 Å². The predicted octanol–water partition coefficient (Wildman–Crippen LogP) is 2.59. The highest BCUT2D eigenvalue weighted by Gasteiger charge is 2.47. The molecule has 0 radical (unpaired) electrons. The average molecular weight is 277 g/mol. The standard InChI is InChI=1S/C16H27N3O/c1-15(2)6-5-13-11-19(9-7-16(13,3)20-15)12-14-17-8-10-18(14)4/h8,10,13H,5-7,9,11-12H2,1-4H3/t13-,16+/m0/s1. The average Bonchev–Trinajstić information content (AvgIpc) is 2.74. The first-order chi connectivity index (χ1) is 9.38. The molecule has 1 aromatic rings. The Hall–Kier alpha value is -0.870. The summed E-state index contributed by atoms with van der Waals surface area (Å²) in [5, 5.41) is 0. The lowest BCUT2D eigenvalue weighted by Crippen LogP contribution is -2.57. The Morgan fingerprint density at radius 2 is 2.15 bits per heavy atom. The van der Waals surface area contributed by atoms with Crippen molar-refractivity contribution in [1.82, 2.24) is 14.5 Å². The van der Waals surface area contributed by atoms with Crippen LogP contribution in [0.25, 0.3) is 0 Å². The van der Waals surface area contributed by atoms with Crippen LogP contribution in [0.5, 0.6) is 0 Å². The fourth-order valence-electron chi connectivity index (χ4n) is 3.81. The van der Waals surface area contributed by atoms with Crippen molar-refractivity contribution < 1.29 is 4.74 Å². The van der Waals surface area contributed by atoms with Gasteiger partial charge in [0.1, 0.15) is 5.82 Å². The number of rotatable bonds is 2. The van der Waals surface area contributed by atoms with E-state index in [1.165, 1.54) is 12.8 Å². The number of aromatic nitrogens is 2. The molecular weight excluding hydrogens is 250 g/mol. The zero-order valence-electron chi connectivity index (χ0n) is 13.2. The first kappa shape index (κ1) is 14.1. The van der Waals surface area contributed by atoms with Gasteiger partial charge in [0.15, 0.2) is 0 Å². The topological polar surface area (TPSA) is 30.3 Å². The van der Waals surface area contributed by atoms with Gasteiger partial charge in [0, 0.05) is 38.4 Å². The Labute approximate surface area is 122 Å². The van der Waals surface area contributed by atoms with Gasteiger partial charge in [-0.2, -0.15) is 0 Å². The van der Waals surface area contributed by atoms with Gasteiger partial charge in [-0.25, -0.2) is 4.98 Å². The summed E-state index contributed by atoms with van der Waals surface area (Å²) in [6, 6.07) is 0. The molecular formula is C16H27N3O. The third-order valence-electron chi connectivity index (χ3n) is 5.16. The lowest BCUT2D eigenvalue weighted by molar-refractivity contribution is -0.214. The number of hydrogen-bond donors (Lipinski definition) is 0. The molecule has 0 aliphatic carbocycles. The van der Waals surface area contributed by atoms with Crippen molar-refractivity contribution in [2.75, 3.05) is 13.1 Å². The van der Waals surface area contributed by atoms with E-state index in [9.17, 15) is 0 Å². The molecule has 4 nitrogen and oxygen atoms in total. The maximum Gasteiger partial charge on any atom is 0.122 e. The molecule has 0 saturated carbocycles. The van der Waals surface area contributed by atoms with E-state index in [4.69, 9.17) is 4.74 Å². The van der Waals surface area contributed by atoms with E-state index in [-0.39, 0.29) is 11.2 Å². The molecule has 4 heteroatoms. The largest absolute Gasteiger partial charge is 0.369 e. The van der Waals surface area contributed by atoms with Crippen LogP contribution in [0.2, 0.25) is 0 Å². The zero-order chi connectivity index (χ0) is 14.4. The van der Waals surface area contributed by atoms with Crippen LogP contribution in [0.3, 0.4) is 0 Å². The first-order valence-corrected chi connectivity index (χ1v) is 7.77. The van der Waals surface area contributed by atoms with E-state index >= 15 is 0 Å².